The molecule has 106 valence electrons. The Labute approximate surface area is 116 Å². The lowest BCUT2D eigenvalue weighted by Gasteiger charge is -2.37. The van der Waals surface area contributed by atoms with Gasteiger partial charge in [-0.25, -0.2) is 0 Å². The van der Waals surface area contributed by atoms with Crippen molar-refractivity contribution in [1.29, 1.82) is 0 Å². The van der Waals surface area contributed by atoms with E-state index in [0.717, 1.165) is 5.56 Å². The van der Waals surface area contributed by atoms with Crippen LogP contribution in [0.1, 0.15) is 12.0 Å². The first-order valence-corrected chi connectivity index (χ1v) is 6.40. The second-order valence-electron chi connectivity index (χ2n) is 4.72. The van der Waals surface area contributed by atoms with Gasteiger partial charge in [0, 0.05) is 6.42 Å². The Balaban J connectivity index is 1.71. The number of nitrogens with zero attached hydrogens (tertiary/aromatic N) is 1. The zero-order chi connectivity index (χ0) is 14.5. The van der Waals surface area contributed by atoms with E-state index >= 15 is 0 Å². The summed E-state index contributed by atoms with van der Waals surface area (Å²) in [6.07, 6.45) is 0.930. The number of rotatable bonds is 6. The minimum atomic E-state index is -1.05. The highest BCUT2D eigenvalue weighted by molar-refractivity contribution is 5.94. The minimum absolute atomic E-state index is 0.192. The molecule has 1 aromatic carbocycles. The third kappa shape index (κ3) is 3.57. The Morgan fingerprint density at radius 2 is 2.00 bits per heavy atom. The lowest BCUT2D eigenvalue weighted by Crippen LogP contribution is -2.64. The van der Waals surface area contributed by atoms with E-state index < -0.39 is 12.0 Å². The number of hydrogen-bond acceptors (Lipinski definition) is 3. The van der Waals surface area contributed by atoms with Crippen LogP contribution in [0.25, 0.3) is 0 Å². The summed E-state index contributed by atoms with van der Waals surface area (Å²) in [6.45, 7) is -0.0442. The summed E-state index contributed by atoms with van der Waals surface area (Å²) in [6, 6.07) is 9.04. The van der Waals surface area contributed by atoms with Gasteiger partial charge < -0.3 is 15.3 Å². The maximum atomic E-state index is 11.7. The molecule has 0 saturated carbocycles. The molecule has 1 aliphatic heterocycles. The van der Waals surface area contributed by atoms with Crippen molar-refractivity contribution in [2.24, 2.45) is 0 Å². The van der Waals surface area contributed by atoms with Crippen LogP contribution >= 0.6 is 0 Å². The molecule has 2 rings (SSSR count). The second-order valence-corrected chi connectivity index (χ2v) is 4.72. The van der Waals surface area contributed by atoms with E-state index in [1.165, 1.54) is 4.90 Å². The number of hydrogen-bond donors (Lipinski definition) is 2. The highest BCUT2D eigenvalue weighted by Gasteiger charge is 2.38. The SMILES string of the molecule is O=C(O)CN1CC(NC(=O)CCc2ccccc2)C1=O. The molecule has 6 nitrogen and oxygen atoms in total. The molecule has 6 heteroatoms. The predicted octanol–water partition coefficient (Wildman–Crippen LogP) is 0.0308. The molecular weight excluding hydrogens is 260 g/mol. The summed E-state index contributed by atoms with van der Waals surface area (Å²) < 4.78 is 0. The van der Waals surface area contributed by atoms with Crippen molar-refractivity contribution >= 4 is 17.8 Å². The maximum Gasteiger partial charge on any atom is 0.323 e. The van der Waals surface area contributed by atoms with Crippen molar-refractivity contribution in [3.63, 3.8) is 0 Å². The molecule has 0 aliphatic carbocycles. The van der Waals surface area contributed by atoms with Gasteiger partial charge in [-0.3, -0.25) is 14.4 Å². The molecule has 1 saturated heterocycles. The van der Waals surface area contributed by atoms with Crippen LogP contribution in [0, 0.1) is 0 Å². The number of carboxylic acid groups (broad SMARTS) is 1. The quantitative estimate of drug-likeness (QED) is 0.718. The zero-order valence-electron chi connectivity index (χ0n) is 10.9. The molecular formula is C14H16N2O4. The highest BCUT2D eigenvalue weighted by Crippen LogP contribution is 2.10. The molecule has 0 aromatic heterocycles. The fourth-order valence-electron chi connectivity index (χ4n) is 2.08. The molecule has 1 aliphatic rings. The average molecular weight is 276 g/mol. The molecule has 0 radical (unpaired) electrons. The normalized spacial score (nSPS) is 17.5. The van der Waals surface area contributed by atoms with Crippen LogP contribution < -0.4 is 5.32 Å². The van der Waals surface area contributed by atoms with Gasteiger partial charge in [0.2, 0.25) is 11.8 Å². The number of carboxylic acids is 1. The van der Waals surface area contributed by atoms with Gasteiger partial charge in [-0.15, -0.1) is 0 Å². The van der Waals surface area contributed by atoms with Gasteiger partial charge in [0.15, 0.2) is 0 Å². The van der Waals surface area contributed by atoms with Crippen LogP contribution in [0.3, 0.4) is 0 Å². The number of aliphatic carboxylic acids is 1. The second kappa shape index (κ2) is 6.18. The number of β-lactam (4-membered cyclic amide) rings is 1. The highest BCUT2D eigenvalue weighted by atomic mass is 16.4. The fraction of sp³-hybridized carbons (Fsp3) is 0.357. The van der Waals surface area contributed by atoms with Crippen LogP contribution in [-0.4, -0.2) is 46.9 Å². The van der Waals surface area contributed by atoms with E-state index in [-0.39, 0.29) is 24.9 Å². The third-order valence-corrected chi connectivity index (χ3v) is 3.16. The summed E-state index contributed by atoms with van der Waals surface area (Å²) in [5.41, 5.74) is 1.06. The largest absolute Gasteiger partial charge is 0.480 e. The van der Waals surface area contributed by atoms with Gasteiger partial charge in [-0.05, 0) is 12.0 Å². The molecule has 1 unspecified atom stereocenters. The number of carbonyl (C=O) groups excluding carboxylic acids is 2. The predicted molar refractivity (Wildman–Crippen MR) is 70.9 cm³/mol. The Hall–Kier alpha value is -2.37. The van der Waals surface area contributed by atoms with Gasteiger partial charge in [-0.2, -0.15) is 0 Å². The van der Waals surface area contributed by atoms with E-state index in [1.807, 2.05) is 30.3 Å². The maximum absolute atomic E-state index is 11.7. The van der Waals surface area contributed by atoms with E-state index in [4.69, 9.17) is 5.11 Å². The Kier molecular flexibility index (Phi) is 4.34. The van der Waals surface area contributed by atoms with E-state index in [0.29, 0.717) is 12.8 Å². The Morgan fingerprint density at radius 3 is 2.60 bits per heavy atom. The van der Waals surface area contributed by atoms with Crippen LogP contribution in [0.4, 0.5) is 0 Å². The van der Waals surface area contributed by atoms with E-state index in [1.54, 1.807) is 0 Å². The summed E-state index contributed by atoms with van der Waals surface area (Å²) in [4.78, 5) is 34.9. The monoisotopic (exact) mass is 276 g/mol. The van der Waals surface area contributed by atoms with Gasteiger partial charge in [0.1, 0.15) is 12.6 Å². The number of nitrogens with one attached hydrogen (secondary N) is 1. The van der Waals surface area contributed by atoms with Gasteiger partial charge >= 0.3 is 5.97 Å². The topological polar surface area (TPSA) is 86.7 Å². The molecule has 2 N–H and O–H groups in total. The molecule has 1 fully saturated rings. The van der Waals surface area contributed by atoms with Crippen molar-refractivity contribution in [2.45, 2.75) is 18.9 Å². The van der Waals surface area contributed by atoms with Crippen molar-refractivity contribution in [1.82, 2.24) is 10.2 Å². The van der Waals surface area contributed by atoms with Crippen LogP contribution in [-0.2, 0) is 20.8 Å². The minimum Gasteiger partial charge on any atom is -0.480 e. The molecule has 1 heterocycles. The van der Waals surface area contributed by atoms with Crippen LogP contribution in [0.2, 0.25) is 0 Å². The van der Waals surface area contributed by atoms with Gasteiger partial charge in [0.25, 0.3) is 0 Å². The number of benzene rings is 1. The smallest absolute Gasteiger partial charge is 0.323 e. The fourth-order valence-corrected chi connectivity index (χ4v) is 2.08. The lowest BCUT2D eigenvalue weighted by molar-refractivity contribution is -0.153. The summed E-state index contributed by atoms with van der Waals surface area (Å²) >= 11 is 0. The van der Waals surface area contributed by atoms with Crippen LogP contribution in [0.15, 0.2) is 30.3 Å². The zero-order valence-corrected chi connectivity index (χ0v) is 10.9. The first-order chi connectivity index (χ1) is 9.56. The Bertz CT molecular complexity index is 515. The number of aryl methyl sites for hydroxylation is 1. The first-order valence-electron chi connectivity index (χ1n) is 6.40. The summed E-state index contributed by atoms with van der Waals surface area (Å²) in [7, 11) is 0. The van der Waals surface area contributed by atoms with E-state index in [9.17, 15) is 14.4 Å². The summed E-state index contributed by atoms with van der Waals surface area (Å²) in [5.74, 6) is -1.57. The standard InChI is InChI=1S/C14H16N2O4/c17-12(7-6-10-4-2-1-3-5-10)15-11-8-16(14(11)20)9-13(18)19/h1-5,11H,6-9H2,(H,15,17)(H,18,19). The Morgan fingerprint density at radius 1 is 1.30 bits per heavy atom. The number of likely N-dealkylation sites (tertiary alicyclic amines) is 1. The van der Waals surface area contributed by atoms with Crippen molar-refractivity contribution < 1.29 is 19.5 Å². The molecule has 0 bridgehead atoms. The van der Waals surface area contributed by atoms with Gasteiger partial charge in [-0.1, -0.05) is 30.3 Å². The molecule has 1 aromatic rings. The van der Waals surface area contributed by atoms with Gasteiger partial charge in [0.05, 0.1) is 6.54 Å². The van der Waals surface area contributed by atoms with Crippen LogP contribution in [0.5, 0.6) is 0 Å². The molecule has 2 amide bonds. The third-order valence-electron chi connectivity index (χ3n) is 3.16. The number of amides is 2. The van der Waals surface area contributed by atoms with Crippen molar-refractivity contribution in [2.75, 3.05) is 13.1 Å². The molecule has 0 spiro atoms. The lowest BCUT2D eigenvalue weighted by atomic mass is 10.1. The molecule has 1 atom stereocenters. The first kappa shape index (κ1) is 14.0. The van der Waals surface area contributed by atoms with Crippen molar-refractivity contribution in [3.8, 4) is 0 Å². The molecule has 20 heavy (non-hydrogen) atoms. The van der Waals surface area contributed by atoms with E-state index in [2.05, 4.69) is 5.32 Å². The number of carbonyl (C=O) groups is 3. The average Bonchev–Trinajstić information content (AvgIpc) is 2.44. The van der Waals surface area contributed by atoms with Crippen molar-refractivity contribution in [3.05, 3.63) is 35.9 Å². The summed E-state index contributed by atoms with van der Waals surface area (Å²) in [5, 5.41) is 11.2.